The van der Waals surface area contributed by atoms with Crippen LogP contribution >= 0.6 is 11.3 Å². The van der Waals surface area contributed by atoms with Crippen LogP contribution in [0.25, 0.3) is 0 Å². The molecule has 304 valence electrons. The molecule has 3 aliphatic heterocycles. The summed E-state index contributed by atoms with van der Waals surface area (Å²) in [6, 6.07) is 21.9. The molecule has 2 bridgehead atoms. The van der Waals surface area contributed by atoms with Crippen molar-refractivity contribution in [1.29, 1.82) is 0 Å². The van der Waals surface area contributed by atoms with E-state index in [0.717, 1.165) is 98.1 Å². The lowest BCUT2D eigenvalue weighted by atomic mass is 9.82. The Kier molecular flexibility index (Phi) is 12.4. The van der Waals surface area contributed by atoms with E-state index >= 15 is 0 Å². The number of hydrogen-bond donors (Lipinski definition) is 4. The zero-order valence-corrected chi connectivity index (χ0v) is 34.0. The number of amides is 3. The van der Waals surface area contributed by atoms with E-state index in [1.165, 1.54) is 11.3 Å². The number of benzene rings is 3. The van der Waals surface area contributed by atoms with Gasteiger partial charge in [-0.1, -0.05) is 36.4 Å². The number of carbonyl (C=O) groups excluding carboxylic acids is 3. The Morgan fingerprint density at radius 2 is 1.48 bits per heavy atom. The minimum atomic E-state index is -1.02. The Labute approximate surface area is 343 Å². The number of aromatic carboxylic acids is 1. The second kappa shape index (κ2) is 17.7. The third-order valence-electron chi connectivity index (χ3n) is 12.2. The maximum Gasteiger partial charge on any atom is 0.335 e. The predicted octanol–water partition coefficient (Wildman–Crippen LogP) is 7.93. The summed E-state index contributed by atoms with van der Waals surface area (Å²) in [5.74, 6) is -2.16. The topological polar surface area (TPSA) is 156 Å². The van der Waals surface area contributed by atoms with Crippen molar-refractivity contribution < 1.29 is 34.2 Å². The van der Waals surface area contributed by atoms with Crippen molar-refractivity contribution in [2.75, 3.05) is 30.3 Å². The summed E-state index contributed by atoms with van der Waals surface area (Å²) < 4.78 is 0. The molecule has 1 aliphatic carbocycles. The highest BCUT2D eigenvalue weighted by molar-refractivity contribution is 7.17. The van der Waals surface area contributed by atoms with Crippen molar-refractivity contribution in [2.24, 2.45) is 11.3 Å². The average molecular weight is 805 g/mol. The van der Waals surface area contributed by atoms with Gasteiger partial charge in [0.1, 0.15) is 5.00 Å². The molecule has 4 heterocycles. The zero-order valence-electron chi connectivity index (χ0n) is 33.2. The standard InChI is InChI=1S/C46H52N4O7S/c1-46(2,45(56)57)23-20-39(51)50(37-28-49-24-21-32(37)22-25-49)27-31-6-5-7-34(26-31)41(52)48-43-40(36-8-3-4-9-38(36)58-43)42(53)47-35-18-14-30(15-19-35)11-10-29-12-16-33(17-13-29)44(54)55/h5-7,12-19,26,32,37H,3-4,8-11,20-25,27-28H2,1-2H3,(H,47,53)(H,48,52)(H,54,55)(H,56,57)/t37-/m1/s1. The second-order valence-corrected chi connectivity index (χ2v) is 17.7. The lowest BCUT2D eigenvalue weighted by molar-refractivity contribution is -0.148. The molecule has 3 aromatic carbocycles. The minimum absolute atomic E-state index is 0.0279. The van der Waals surface area contributed by atoms with Crippen molar-refractivity contribution in [2.45, 2.75) is 90.6 Å². The van der Waals surface area contributed by atoms with E-state index in [1.54, 1.807) is 32.0 Å². The smallest absolute Gasteiger partial charge is 0.335 e. The van der Waals surface area contributed by atoms with Crippen LogP contribution in [0, 0.1) is 11.3 Å². The number of rotatable bonds is 15. The van der Waals surface area contributed by atoms with Crippen LogP contribution in [0.4, 0.5) is 10.7 Å². The largest absolute Gasteiger partial charge is 0.481 e. The van der Waals surface area contributed by atoms with Crippen LogP contribution in [0.2, 0.25) is 0 Å². The minimum Gasteiger partial charge on any atom is -0.481 e. The molecule has 0 radical (unpaired) electrons. The highest BCUT2D eigenvalue weighted by Crippen LogP contribution is 2.39. The molecule has 1 atom stereocenters. The molecule has 0 spiro atoms. The molecule has 1 aromatic heterocycles. The maximum atomic E-state index is 14.0. The summed E-state index contributed by atoms with van der Waals surface area (Å²) in [6.07, 6.45) is 7.54. The molecule has 4 aromatic rings. The third kappa shape index (κ3) is 9.51. The molecule has 58 heavy (non-hydrogen) atoms. The lowest BCUT2D eigenvalue weighted by Crippen LogP contribution is -2.58. The Hall–Kier alpha value is -5.33. The number of aryl methyl sites for hydroxylation is 3. The molecule has 3 saturated heterocycles. The van der Waals surface area contributed by atoms with Crippen LogP contribution in [-0.2, 0) is 41.8 Å². The molecular formula is C46H52N4O7S. The monoisotopic (exact) mass is 804 g/mol. The van der Waals surface area contributed by atoms with Crippen molar-refractivity contribution >= 4 is 51.7 Å². The molecule has 0 unspecified atom stereocenters. The van der Waals surface area contributed by atoms with Crippen LogP contribution in [0.1, 0.15) is 111 Å². The van der Waals surface area contributed by atoms with Gasteiger partial charge in [0.15, 0.2) is 0 Å². The van der Waals surface area contributed by atoms with E-state index in [-0.39, 0.29) is 42.2 Å². The van der Waals surface area contributed by atoms with Gasteiger partial charge in [0.25, 0.3) is 11.8 Å². The average Bonchev–Trinajstić information content (AvgIpc) is 3.60. The van der Waals surface area contributed by atoms with E-state index in [4.69, 9.17) is 5.11 Å². The predicted molar refractivity (Wildman–Crippen MR) is 225 cm³/mol. The molecule has 11 nitrogen and oxygen atoms in total. The maximum absolute atomic E-state index is 14.0. The first-order valence-electron chi connectivity index (χ1n) is 20.4. The van der Waals surface area contributed by atoms with Gasteiger partial charge in [-0.15, -0.1) is 11.3 Å². The first kappa shape index (κ1) is 40.9. The zero-order chi connectivity index (χ0) is 41.0. The van der Waals surface area contributed by atoms with Crippen molar-refractivity contribution in [1.82, 2.24) is 9.80 Å². The summed E-state index contributed by atoms with van der Waals surface area (Å²) >= 11 is 1.46. The van der Waals surface area contributed by atoms with Crippen molar-refractivity contribution in [3.63, 3.8) is 0 Å². The van der Waals surface area contributed by atoms with Crippen LogP contribution in [-0.4, -0.2) is 75.3 Å². The quantitative estimate of drug-likeness (QED) is 0.0945. The van der Waals surface area contributed by atoms with Gasteiger partial charge in [0.2, 0.25) is 5.91 Å². The molecule has 4 aliphatic rings. The van der Waals surface area contributed by atoms with Gasteiger partial charge in [-0.2, -0.15) is 0 Å². The van der Waals surface area contributed by atoms with Gasteiger partial charge in [-0.25, -0.2) is 4.79 Å². The number of aliphatic carboxylic acids is 1. The number of fused-ring (bicyclic) bond motifs is 4. The third-order valence-corrected chi connectivity index (χ3v) is 13.4. The fourth-order valence-corrected chi connectivity index (χ4v) is 9.76. The molecule has 4 N–H and O–H groups in total. The molecule has 12 heteroatoms. The highest BCUT2D eigenvalue weighted by atomic mass is 32.1. The second-order valence-electron chi connectivity index (χ2n) is 16.6. The van der Waals surface area contributed by atoms with E-state index in [0.29, 0.717) is 34.3 Å². The summed E-state index contributed by atoms with van der Waals surface area (Å²) in [7, 11) is 0. The van der Waals surface area contributed by atoms with Gasteiger partial charge in [-0.3, -0.25) is 19.2 Å². The number of hydrogen-bond acceptors (Lipinski definition) is 7. The Morgan fingerprint density at radius 1 is 0.810 bits per heavy atom. The Bertz CT molecular complexity index is 2170. The molecule has 8 rings (SSSR count). The van der Waals surface area contributed by atoms with Crippen LogP contribution in [0.5, 0.6) is 0 Å². The van der Waals surface area contributed by atoms with Crippen LogP contribution < -0.4 is 10.6 Å². The highest BCUT2D eigenvalue weighted by Gasteiger charge is 2.40. The summed E-state index contributed by atoms with van der Waals surface area (Å²) in [6.45, 7) is 6.47. The van der Waals surface area contributed by atoms with E-state index in [9.17, 15) is 29.1 Å². The summed E-state index contributed by atoms with van der Waals surface area (Å²) in [5, 5.41) is 25.5. The fraction of sp³-hybridized carbons (Fsp3) is 0.413. The number of nitrogens with zero attached hydrogens (tertiary/aromatic N) is 2. The number of anilines is 2. The number of piperidine rings is 3. The Morgan fingerprint density at radius 3 is 2.12 bits per heavy atom. The van der Waals surface area contributed by atoms with Crippen molar-refractivity contribution in [3.8, 4) is 0 Å². The summed E-state index contributed by atoms with van der Waals surface area (Å²) in [4.78, 5) is 70.3. The molecule has 3 amide bonds. The Balaban J connectivity index is 1.04. The van der Waals surface area contributed by atoms with Crippen LogP contribution in [0.15, 0.2) is 72.8 Å². The first-order valence-corrected chi connectivity index (χ1v) is 21.2. The number of nitrogens with one attached hydrogen (secondary N) is 2. The van der Waals surface area contributed by atoms with E-state index < -0.39 is 17.4 Å². The van der Waals surface area contributed by atoms with Crippen molar-refractivity contribution in [3.05, 3.63) is 117 Å². The number of carboxylic acids is 2. The molecular weight excluding hydrogens is 753 g/mol. The number of carboxylic acid groups (broad SMARTS) is 2. The van der Waals surface area contributed by atoms with Crippen LogP contribution in [0.3, 0.4) is 0 Å². The normalized spacial score (nSPS) is 18.6. The van der Waals surface area contributed by atoms with Gasteiger partial charge >= 0.3 is 11.9 Å². The fourth-order valence-electron chi connectivity index (χ4n) is 8.48. The van der Waals surface area contributed by atoms with E-state index in [2.05, 4.69) is 15.5 Å². The SMILES string of the molecule is CC(C)(CCC(=O)N(Cc1cccc(C(=O)Nc2sc3c(c2C(=O)Nc2ccc(CCc4ccc(C(=O)O)cc4)cc2)CCCC3)c1)[C@@H]1CN2CCC1CC2)C(=O)O. The first-order chi connectivity index (χ1) is 27.8. The molecule has 3 fully saturated rings. The number of thiophene rings is 1. The van der Waals surface area contributed by atoms with Gasteiger partial charge < -0.3 is 30.6 Å². The van der Waals surface area contributed by atoms with Gasteiger partial charge in [-0.05, 0) is 149 Å². The lowest BCUT2D eigenvalue weighted by Gasteiger charge is -2.49. The van der Waals surface area contributed by atoms with Gasteiger partial charge in [0.05, 0.1) is 16.5 Å². The molecule has 0 saturated carbocycles. The summed E-state index contributed by atoms with van der Waals surface area (Å²) in [5.41, 5.74) is 4.75. The van der Waals surface area contributed by atoms with E-state index in [1.807, 2.05) is 59.5 Å². The van der Waals surface area contributed by atoms with Gasteiger partial charge in [0, 0.05) is 41.7 Å². The number of carbonyl (C=O) groups is 5.